The Balaban J connectivity index is 1.81. The Hall–Kier alpha value is -2.29. The van der Waals surface area contributed by atoms with Gasteiger partial charge in [-0.1, -0.05) is 11.6 Å². The number of nitrogens with zero attached hydrogens (tertiary/aromatic N) is 3. The molecule has 23 heavy (non-hydrogen) atoms. The molecule has 2 N–H and O–H groups in total. The van der Waals surface area contributed by atoms with Gasteiger partial charge in [-0.15, -0.1) is 0 Å². The molecule has 0 radical (unpaired) electrons. The van der Waals surface area contributed by atoms with Crippen LogP contribution in [0.5, 0.6) is 0 Å². The number of pyridine rings is 1. The molecule has 1 aliphatic carbocycles. The molecule has 0 bridgehead atoms. The van der Waals surface area contributed by atoms with Crippen molar-refractivity contribution >= 4 is 23.1 Å². The minimum Gasteiger partial charge on any atom is -0.358 e. The van der Waals surface area contributed by atoms with Crippen LogP contribution in [0.1, 0.15) is 23.4 Å². The molecule has 0 spiro atoms. The quantitative estimate of drug-likeness (QED) is 0.642. The topological polar surface area (TPSA) is 96.7 Å². The molecule has 122 valence electrons. The van der Waals surface area contributed by atoms with Crippen LogP contribution in [0.4, 0.5) is 20.3 Å². The number of anilines is 1. The highest BCUT2D eigenvalue weighted by molar-refractivity contribution is 6.30. The molecule has 0 saturated carbocycles. The third-order valence-electron chi connectivity index (χ3n) is 3.66. The van der Waals surface area contributed by atoms with Gasteiger partial charge in [-0.05, 0) is 19.3 Å². The van der Waals surface area contributed by atoms with Crippen LogP contribution in [0, 0.1) is 10.1 Å². The van der Waals surface area contributed by atoms with E-state index < -0.39 is 23.1 Å². The van der Waals surface area contributed by atoms with E-state index in [0.29, 0.717) is 18.4 Å². The van der Waals surface area contributed by atoms with Gasteiger partial charge in [0, 0.05) is 23.5 Å². The van der Waals surface area contributed by atoms with Gasteiger partial charge in [0.05, 0.1) is 16.5 Å². The standard InChI is InChI=1S/C13H12ClF2N5O2/c14-7-4-10(21(22)23)12(17-5-7)18-6-13(15,16)11-8-2-1-3-9(8)19-20-11/h4-5H,1-3,6H2,(H,17,18)(H,19,20). The largest absolute Gasteiger partial charge is 0.358 e. The Morgan fingerprint density at radius 3 is 3.00 bits per heavy atom. The summed E-state index contributed by atoms with van der Waals surface area (Å²) in [5.41, 5.74) is 0.500. The van der Waals surface area contributed by atoms with E-state index >= 15 is 0 Å². The number of alkyl halides is 2. The van der Waals surface area contributed by atoms with E-state index in [0.717, 1.165) is 24.4 Å². The molecule has 2 aromatic heterocycles. The second kappa shape index (κ2) is 5.73. The van der Waals surface area contributed by atoms with E-state index in [-0.39, 0.29) is 16.5 Å². The highest BCUT2D eigenvalue weighted by Gasteiger charge is 2.39. The fourth-order valence-corrected chi connectivity index (χ4v) is 2.76. The molecule has 0 atom stereocenters. The van der Waals surface area contributed by atoms with Crippen molar-refractivity contribution in [2.75, 3.05) is 11.9 Å². The Morgan fingerprint density at radius 2 is 2.26 bits per heavy atom. The molecule has 2 aromatic rings. The molecule has 0 unspecified atom stereocenters. The lowest BCUT2D eigenvalue weighted by Gasteiger charge is -2.16. The smallest absolute Gasteiger partial charge is 0.312 e. The first-order valence-corrected chi connectivity index (χ1v) is 7.24. The molecule has 0 aliphatic heterocycles. The van der Waals surface area contributed by atoms with Crippen molar-refractivity contribution in [2.45, 2.75) is 25.2 Å². The van der Waals surface area contributed by atoms with Gasteiger partial charge in [-0.3, -0.25) is 15.2 Å². The van der Waals surface area contributed by atoms with Gasteiger partial charge in [-0.2, -0.15) is 13.9 Å². The summed E-state index contributed by atoms with van der Waals surface area (Å²) < 4.78 is 28.7. The third kappa shape index (κ3) is 2.96. The summed E-state index contributed by atoms with van der Waals surface area (Å²) in [7, 11) is 0. The number of aromatic nitrogens is 3. The molecule has 0 fully saturated rings. The van der Waals surface area contributed by atoms with E-state index in [1.807, 2.05) is 0 Å². The number of hydrogen-bond acceptors (Lipinski definition) is 5. The summed E-state index contributed by atoms with van der Waals surface area (Å²) in [6.07, 6.45) is 3.22. The molecule has 0 saturated heterocycles. The van der Waals surface area contributed by atoms with Crippen LogP contribution in [0.2, 0.25) is 5.02 Å². The number of halogens is 3. The van der Waals surface area contributed by atoms with E-state index in [4.69, 9.17) is 11.6 Å². The number of aromatic amines is 1. The number of H-pyrrole nitrogens is 1. The fourth-order valence-electron chi connectivity index (χ4n) is 2.60. The summed E-state index contributed by atoms with van der Waals surface area (Å²) in [6.45, 7) is -0.847. The van der Waals surface area contributed by atoms with Crippen molar-refractivity contribution in [3.8, 4) is 0 Å². The Kier molecular flexibility index (Phi) is 3.88. The van der Waals surface area contributed by atoms with Crippen molar-refractivity contribution in [3.05, 3.63) is 44.4 Å². The molecular formula is C13H12ClF2N5O2. The van der Waals surface area contributed by atoms with Crippen molar-refractivity contribution in [3.63, 3.8) is 0 Å². The highest BCUT2D eigenvalue weighted by atomic mass is 35.5. The normalized spacial score (nSPS) is 13.9. The molecule has 3 rings (SSSR count). The number of fused-ring (bicyclic) bond motifs is 1. The van der Waals surface area contributed by atoms with Gasteiger partial charge < -0.3 is 5.32 Å². The second-order valence-corrected chi connectivity index (χ2v) is 5.66. The lowest BCUT2D eigenvalue weighted by atomic mass is 10.1. The van der Waals surface area contributed by atoms with E-state index in [1.165, 1.54) is 0 Å². The van der Waals surface area contributed by atoms with Crippen LogP contribution < -0.4 is 5.32 Å². The predicted octanol–water partition coefficient (Wildman–Crippen LogP) is 3.06. The summed E-state index contributed by atoms with van der Waals surface area (Å²) in [6, 6.07) is 1.06. The minimum atomic E-state index is -3.27. The number of nitro groups is 1. The summed E-state index contributed by atoms with van der Waals surface area (Å²) >= 11 is 5.64. The predicted molar refractivity (Wildman–Crippen MR) is 78.9 cm³/mol. The zero-order chi connectivity index (χ0) is 16.6. The lowest BCUT2D eigenvalue weighted by Crippen LogP contribution is -2.27. The molecular weight excluding hydrogens is 332 g/mol. The van der Waals surface area contributed by atoms with Gasteiger partial charge in [0.15, 0.2) is 0 Å². The van der Waals surface area contributed by atoms with E-state index in [9.17, 15) is 18.9 Å². The fraction of sp³-hybridized carbons (Fsp3) is 0.385. The summed E-state index contributed by atoms with van der Waals surface area (Å²) in [5, 5.41) is 19.7. The molecule has 2 heterocycles. The highest BCUT2D eigenvalue weighted by Crippen LogP contribution is 2.35. The minimum absolute atomic E-state index is 0.0548. The first-order chi connectivity index (χ1) is 10.9. The van der Waals surface area contributed by atoms with Crippen LogP contribution >= 0.6 is 11.6 Å². The van der Waals surface area contributed by atoms with Crippen LogP contribution in [0.3, 0.4) is 0 Å². The maximum absolute atomic E-state index is 14.4. The zero-order valence-electron chi connectivity index (χ0n) is 11.8. The Morgan fingerprint density at radius 1 is 1.48 bits per heavy atom. The van der Waals surface area contributed by atoms with Gasteiger partial charge >= 0.3 is 11.6 Å². The second-order valence-electron chi connectivity index (χ2n) is 5.22. The van der Waals surface area contributed by atoms with Crippen LogP contribution in [0.15, 0.2) is 12.3 Å². The maximum atomic E-state index is 14.4. The molecule has 0 amide bonds. The van der Waals surface area contributed by atoms with Crippen molar-refractivity contribution < 1.29 is 13.7 Å². The zero-order valence-corrected chi connectivity index (χ0v) is 12.5. The van der Waals surface area contributed by atoms with Gasteiger partial charge in [0.25, 0.3) is 0 Å². The Labute approximate surface area is 134 Å². The Bertz CT molecular complexity index is 765. The van der Waals surface area contributed by atoms with Crippen molar-refractivity contribution in [1.29, 1.82) is 0 Å². The number of rotatable bonds is 5. The van der Waals surface area contributed by atoms with Gasteiger partial charge in [-0.25, -0.2) is 4.98 Å². The number of nitrogens with one attached hydrogen (secondary N) is 2. The van der Waals surface area contributed by atoms with E-state index in [2.05, 4.69) is 20.5 Å². The molecule has 0 aromatic carbocycles. The molecule has 1 aliphatic rings. The SMILES string of the molecule is O=[N+]([O-])c1cc(Cl)cnc1NCC(F)(F)c1n[nH]c2c1CCC2. The van der Waals surface area contributed by atoms with Gasteiger partial charge in [0.2, 0.25) is 5.82 Å². The third-order valence-corrected chi connectivity index (χ3v) is 3.87. The average Bonchev–Trinajstić information content (AvgIpc) is 3.08. The van der Waals surface area contributed by atoms with Crippen LogP contribution in [-0.4, -0.2) is 26.6 Å². The maximum Gasteiger partial charge on any atom is 0.312 e. The summed E-state index contributed by atoms with van der Waals surface area (Å²) in [4.78, 5) is 13.9. The van der Waals surface area contributed by atoms with Crippen molar-refractivity contribution in [1.82, 2.24) is 15.2 Å². The summed E-state index contributed by atoms with van der Waals surface area (Å²) in [5.74, 6) is -3.53. The monoisotopic (exact) mass is 343 g/mol. The first-order valence-electron chi connectivity index (χ1n) is 6.86. The molecule has 7 nitrogen and oxygen atoms in total. The lowest BCUT2D eigenvalue weighted by molar-refractivity contribution is -0.384. The first kappa shape index (κ1) is 15.6. The van der Waals surface area contributed by atoms with Crippen LogP contribution in [0.25, 0.3) is 0 Å². The number of hydrogen-bond donors (Lipinski definition) is 2. The average molecular weight is 344 g/mol. The van der Waals surface area contributed by atoms with Gasteiger partial charge in [0.1, 0.15) is 5.69 Å². The number of aryl methyl sites for hydroxylation is 1. The van der Waals surface area contributed by atoms with Crippen LogP contribution in [-0.2, 0) is 18.8 Å². The van der Waals surface area contributed by atoms with Crippen molar-refractivity contribution in [2.24, 2.45) is 0 Å². The van der Waals surface area contributed by atoms with E-state index in [1.54, 1.807) is 0 Å². The molecule has 10 heteroatoms.